The molecule has 0 heterocycles. The van der Waals surface area contributed by atoms with Gasteiger partial charge in [-0.15, -0.1) is 0 Å². The van der Waals surface area contributed by atoms with Gasteiger partial charge in [-0.25, -0.2) is 0 Å². The zero-order chi connectivity index (χ0) is 8.65. The van der Waals surface area contributed by atoms with Crippen LogP contribution in [0.4, 0.5) is 0 Å². The van der Waals surface area contributed by atoms with Crippen molar-refractivity contribution >= 4 is 0 Å². The molecule has 0 unspecified atom stereocenters. The van der Waals surface area contributed by atoms with E-state index < -0.39 is 0 Å². The van der Waals surface area contributed by atoms with Gasteiger partial charge in [-0.2, -0.15) is 0 Å². The summed E-state index contributed by atoms with van der Waals surface area (Å²) in [5.74, 6) is 1.02. The fraction of sp³-hybridized carbons (Fsp3) is 0.909. The van der Waals surface area contributed by atoms with Crippen LogP contribution in [0.2, 0.25) is 0 Å². The van der Waals surface area contributed by atoms with E-state index in [4.69, 9.17) is 0 Å². The van der Waals surface area contributed by atoms with Crippen LogP contribution in [0.15, 0.2) is 0 Å². The number of nitrogens with one attached hydrogen (secondary N) is 1. The molecule has 1 nitrogen and oxygen atoms in total. The van der Waals surface area contributed by atoms with E-state index in [9.17, 15) is 0 Å². The van der Waals surface area contributed by atoms with Crippen molar-refractivity contribution in [3.8, 4) is 0 Å². The molecule has 1 aliphatic carbocycles. The molecular formula is C11H22N. The van der Waals surface area contributed by atoms with Gasteiger partial charge in [-0.1, -0.05) is 39.0 Å². The molecule has 1 fully saturated rings. The van der Waals surface area contributed by atoms with Crippen LogP contribution in [0.1, 0.15) is 44.9 Å². The third-order valence-electron chi connectivity index (χ3n) is 2.81. The van der Waals surface area contributed by atoms with Gasteiger partial charge < -0.3 is 5.32 Å². The van der Waals surface area contributed by atoms with Gasteiger partial charge in [-0.3, -0.25) is 0 Å². The first kappa shape index (κ1) is 10.0. The second-order valence-corrected chi connectivity index (χ2v) is 3.90. The van der Waals surface area contributed by atoms with Gasteiger partial charge in [0.25, 0.3) is 0 Å². The average molecular weight is 168 g/mol. The highest BCUT2D eigenvalue weighted by Crippen LogP contribution is 2.25. The maximum Gasteiger partial charge on any atom is -0.00463 e. The quantitative estimate of drug-likeness (QED) is 0.622. The van der Waals surface area contributed by atoms with Gasteiger partial charge >= 0.3 is 0 Å². The summed E-state index contributed by atoms with van der Waals surface area (Å²) in [4.78, 5) is 0. The first-order valence-electron chi connectivity index (χ1n) is 5.43. The Labute approximate surface area is 76.9 Å². The van der Waals surface area contributed by atoms with Crippen molar-refractivity contribution in [3.63, 3.8) is 0 Å². The van der Waals surface area contributed by atoms with Crippen LogP contribution >= 0.6 is 0 Å². The van der Waals surface area contributed by atoms with E-state index >= 15 is 0 Å². The Balaban J connectivity index is 1.91. The van der Waals surface area contributed by atoms with Crippen molar-refractivity contribution in [1.82, 2.24) is 5.32 Å². The lowest BCUT2D eigenvalue weighted by Gasteiger charge is -2.21. The first-order valence-corrected chi connectivity index (χ1v) is 5.43. The SMILES string of the molecule is [CH2]CCNCCC1CCCCC1. The average Bonchev–Trinajstić information content (AvgIpc) is 2.14. The van der Waals surface area contributed by atoms with Crippen molar-refractivity contribution in [2.75, 3.05) is 13.1 Å². The van der Waals surface area contributed by atoms with Crippen LogP contribution in [-0.4, -0.2) is 13.1 Å². The Morgan fingerprint density at radius 3 is 2.50 bits per heavy atom. The van der Waals surface area contributed by atoms with E-state index in [0.717, 1.165) is 18.9 Å². The van der Waals surface area contributed by atoms with E-state index in [0.29, 0.717) is 0 Å². The summed E-state index contributed by atoms with van der Waals surface area (Å²) in [5, 5.41) is 3.42. The second kappa shape index (κ2) is 6.47. The summed E-state index contributed by atoms with van der Waals surface area (Å²) in [5.41, 5.74) is 0. The van der Waals surface area contributed by atoms with Gasteiger partial charge in [-0.05, 0) is 31.8 Å². The highest BCUT2D eigenvalue weighted by Gasteiger charge is 2.11. The highest BCUT2D eigenvalue weighted by molar-refractivity contribution is 4.66. The number of hydrogen-bond acceptors (Lipinski definition) is 1. The summed E-state index contributed by atoms with van der Waals surface area (Å²) in [6.45, 7) is 6.11. The maximum absolute atomic E-state index is 3.81. The Hall–Kier alpha value is -0.0400. The van der Waals surface area contributed by atoms with Gasteiger partial charge in [0.1, 0.15) is 0 Å². The van der Waals surface area contributed by atoms with Crippen LogP contribution in [0.25, 0.3) is 0 Å². The summed E-state index contributed by atoms with van der Waals surface area (Å²) in [7, 11) is 0. The monoisotopic (exact) mass is 168 g/mol. The molecule has 1 saturated carbocycles. The molecule has 0 bridgehead atoms. The van der Waals surface area contributed by atoms with E-state index in [2.05, 4.69) is 12.2 Å². The minimum Gasteiger partial charge on any atom is -0.317 e. The zero-order valence-electron chi connectivity index (χ0n) is 8.15. The van der Waals surface area contributed by atoms with Gasteiger partial charge in [0, 0.05) is 0 Å². The molecule has 1 aliphatic rings. The van der Waals surface area contributed by atoms with Gasteiger partial charge in [0.15, 0.2) is 0 Å². The highest BCUT2D eigenvalue weighted by atomic mass is 14.8. The molecule has 0 aromatic rings. The Morgan fingerprint density at radius 2 is 1.83 bits per heavy atom. The lowest BCUT2D eigenvalue weighted by molar-refractivity contribution is 0.334. The fourth-order valence-electron chi connectivity index (χ4n) is 2.03. The molecule has 0 amide bonds. The lowest BCUT2D eigenvalue weighted by Crippen LogP contribution is -2.19. The molecule has 0 aromatic carbocycles. The molecule has 0 spiro atoms. The van der Waals surface area contributed by atoms with Crippen molar-refractivity contribution < 1.29 is 0 Å². The molecule has 1 N–H and O–H groups in total. The Bertz CT molecular complexity index is 95.2. The summed E-state index contributed by atoms with van der Waals surface area (Å²) < 4.78 is 0. The topological polar surface area (TPSA) is 12.0 Å². The van der Waals surface area contributed by atoms with E-state index in [1.165, 1.54) is 45.1 Å². The van der Waals surface area contributed by atoms with Crippen LogP contribution in [0, 0.1) is 12.8 Å². The molecule has 1 heteroatoms. The lowest BCUT2D eigenvalue weighted by atomic mass is 9.87. The normalized spacial score (nSPS) is 19.8. The minimum atomic E-state index is 1.02. The zero-order valence-corrected chi connectivity index (χ0v) is 8.15. The van der Waals surface area contributed by atoms with Crippen LogP contribution in [0.3, 0.4) is 0 Å². The molecule has 0 aliphatic heterocycles. The van der Waals surface area contributed by atoms with E-state index in [1.54, 1.807) is 0 Å². The standard InChI is InChI=1S/C11H22N/c1-2-9-12-10-8-11-6-4-3-5-7-11/h11-12H,1-10H2. The van der Waals surface area contributed by atoms with E-state index in [1.807, 2.05) is 0 Å². The van der Waals surface area contributed by atoms with Crippen LogP contribution in [-0.2, 0) is 0 Å². The minimum absolute atomic E-state index is 1.02. The molecule has 1 rings (SSSR count). The third kappa shape index (κ3) is 4.10. The number of hydrogen-bond donors (Lipinski definition) is 1. The largest absolute Gasteiger partial charge is 0.317 e. The summed E-state index contributed by atoms with van der Waals surface area (Å²) in [6, 6.07) is 0. The van der Waals surface area contributed by atoms with Crippen molar-refractivity contribution in [2.45, 2.75) is 44.9 Å². The molecule has 71 valence electrons. The fourth-order valence-corrected chi connectivity index (χ4v) is 2.03. The molecule has 12 heavy (non-hydrogen) atoms. The predicted molar refractivity (Wildman–Crippen MR) is 54.0 cm³/mol. The van der Waals surface area contributed by atoms with Crippen molar-refractivity contribution in [1.29, 1.82) is 0 Å². The summed E-state index contributed by atoms with van der Waals surface area (Å²) in [6.07, 6.45) is 9.78. The van der Waals surface area contributed by atoms with Crippen molar-refractivity contribution in [3.05, 3.63) is 6.92 Å². The third-order valence-corrected chi connectivity index (χ3v) is 2.81. The first-order chi connectivity index (χ1) is 5.93. The molecule has 0 atom stereocenters. The predicted octanol–water partition coefficient (Wildman–Crippen LogP) is 2.77. The Morgan fingerprint density at radius 1 is 1.08 bits per heavy atom. The second-order valence-electron chi connectivity index (χ2n) is 3.90. The number of rotatable bonds is 5. The molecule has 0 saturated heterocycles. The van der Waals surface area contributed by atoms with Gasteiger partial charge in [0.2, 0.25) is 0 Å². The summed E-state index contributed by atoms with van der Waals surface area (Å²) >= 11 is 0. The smallest absolute Gasteiger partial charge is 0.00463 e. The van der Waals surface area contributed by atoms with Crippen molar-refractivity contribution in [2.24, 2.45) is 5.92 Å². The maximum atomic E-state index is 3.81. The molecule has 0 aromatic heterocycles. The molecule has 1 radical (unpaired) electrons. The van der Waals surface area contributed by atoms with Gasteiger partial charge in [0.05, 0.1) is 0 Å². The van der Waals surface area contributed by atoms with Crippen LogP contribution < -0.4 is 5.32 Å². The Kier molecular flexibility index (Phi) is 5.42. The van der Waals surface area contributed by atoms with Crippen LogP contribution in [0.5, 0.6) is 0 Å². The molecular weight excluding hydrogens is 146 g/mol. The van der Waals surface area contributed by atoms with E-state index in [-0.39, 0.29) is 0 Å².